The van der Waals surface area contributed by atoms with Crippen molar-refractivity contribution in [1.29, 1.82) is 0 Å². The number of benzene rings is 1. The summed E-state index contributed by atoms with van der Waals surface area (Å²) in [4.78, 5) is 0. The van der Waals surface area contributed by atoms with Crippen LogP contribution in [0.3, 0.4) is 0 Å². The molecule has 120 valence electrons. The smallest absolute Gasteiger partial charge is 0.192 e. The van der Waals surface area contributed by atoms with E-state index >= 15 is 0 Å². The molecule has 2 nitrogen and oxygen atoms in total. The Hall–Kier alpha value is -0.423. The highest BCUT2D eigenvalue weighted by molar-refractivity contribution is 6.74. The summed E-state index contributed by atoms with van der Waals surface area (Å²) in [6, 6.07) is 5.89. The fourth-order valence-electron chi connectivity index (χ4n) is 1.62. The first-order chi connectivity index (χ1) is 9.67. The molecule has 0 spiro atoms. The van der Waals surface area contributed by atoms with Crippen LogP contribution in [0.2, 0.25) is 23.2 Å². The van der Waals surface area contributed by atoms with Crippen LogP contribution < -0.4 is 5.32 Å². The van der Waals surface area contributed by atoms with Gasteiger partial charge in [-0.25, -0.2) is 4.39 Å². The number of nitrogens with one attached hydrogen (secondary N) is 1. The Kier molecular flexibility index (Phi) is 6.85. The second-order valence-electron chi connectivity index (χ2n) is 6.84. The lowest BCUT2D eigenvalue weighted by atomic mass is 10.1. The largest absolute Gasteiger partial charge is 0.413 e. The quantitative estimate of drug-likeness (QED) is 0.565. The molecule has 1 rings (SSSR count). The summed E-state index contributed by atoms with van der Waals surface area (Å²) in [7, 11) is -1.78. The van der Waals surface area contributed by atoms with Crippen molar-refractivity contribution in [3.8, 4) is 0 Å². The van der Waals surface area contributed by atoms with E-state index < -0.39 is 8.32 Å². The van der Waals surface area contributed by atoms with E-state index in [4.69, 9.17) is 16.0 Å². The van der Waals surface area contributed by atoms with Gasteiger partial charge in [0.1, 0.15) is 6.67 Å². The molecule has 1 aromatic carbocycles. The third kappa shape index (κ3) is 5.70. The molecule has 0 aromatic heterocycles. The third-order valence-electron chi connectivity index (χ3n) is 4.11. The number of rotatable bonds is 7. The van der Waals surface area contributed by atoms with Gasteiger partial charge in [0, 0.05) is 18.1 Å². The predicted octanol–water partition coefficient (Wildman–Crippen LogP) is 4.92. The van der Waals surface area contributed by atoms with Crippen LogP contribution in [0, 0.1) is 0 Å². The van der Waals surface area contributed by atoms with Crippen molar-refractivity contribution < 1.29 is 8.82 Å². The molecular formula is C16H27ClFNOSi. The SMILES string of the molecule is CC(C)(C)[Si](C)(C)OCc1cc(CNCCF)ccc1Cl. The Morgan fingerprint density at radius 1 is 1.29 bits per heavy atom. The van der Waals surface area contributed by atoms with Crippen molar-refractivity contribution in [2.75, 3.05) is 13.2 Å². The topological polar surface area (TPSA) is 21.3 Å². The van der Waals surface area contributed by atoms with Crippen molar-refractivity contribution in [3.63, 3.8) is 0 Å². The Labute approximate surface area is 134 Å². The van der Waals surface area contributed by atoms with Gasteiger partial charge >= 0.3 is 0 Å². The van der Waals surface area contributed by atoms with Gasteiger partial charge in [-0.15, -0.1) is 0 Å². The molecule has 0 fully saturated rings. The van der Waals surface area contributed by atoms with E-state index in [9.17, 15) is 4.39 Å². The highest BCUT2D eigenvalue weighted by Crippen LogP contribution is 2.37. The van der Waals surface area contributed by atoms with E-state index in [1.807, 2.05) is 18.2 Å². The van der Waals surface area contributed by atoms with Gasteiger partial charge in [0.15, 0.2) is 8.32 Å². The molecule has 0 aliphatic heterocycles. The summed E-state index contributed by atoms with van der Waals surface area (Å²) in [6.07, 6.45) is 0. The first-order valence-electron chi connectivity index (χ1n) is 7.35. The number of alkyl halides is 1. The standard InChI is InChI=1S/C16H27ClFNOSi/c1-16(2,3)21(4,5)20-12-14-10-13(6-7-15(14)17)11-19-9-8-18/h6-7,10,19H,8-9,11-12H2,1-5H3. The molecule has 0 amide bonds. The molecule has 0 saturated carbocycles. The van der Waals surface area contributed by atoms with Gasteiger partial charge < -0.3 is 9.74 Å². The molecule has 0 aliphatic rings. The molecule has 0 atom stereocenters. The molecule has 0 radical (unpaired) electrons. The first kappa shape index (κ1) is 18.6. The van der Waals surface area contributed by atoms with Crippen LogP contribution in [0.4, 0.5) is 4.39 Å². The van der Waals surface area contributed by atoms with Crippen LogP contribution in [-0.2, 0) is 17.6 Å². The molecule has 0 heterocycles. The lowest BCUT2D eigenvalue weighted by molar-refractivity contribution is 0.276. The van der Waals surface area contributed by atoms with E-state index in [1.165, 1.54) is 0 Å². The minimum Gasteiger partial charge on any atom is -0.413 e. The summed E-state index contributed by atoms with van der Waals surface area (Å²) in [6.45, 7) is 12.3. The zero-order valence-corrected chi connectivity index (χ0v) is 15.5. The Morgan fingerprint density at radius 3 is 2.52 bits per heavy atom. The van der Waals surface area contributed by atoms with Crippen molar-refractivity contribution >= 4 is 19.9 Å². The third-order valence-corrected chi connectivity index (χ3v) is 8.95. The average Bonchev–Trinajstić information content (AvgIpc) is 2.38. The highest BCUT2D eigenvalue weighted by atomic mass is 35.5. The van der Waals surface area contributed by atoms with Gasteiger partial charge in [-0.05, 0) is 35.3 Å². The molecule has 0 unspecified atom stereocenters. The normalized spacial score (nSPS) is 12.7. The maximum Gasteiger partial charge on any atom is 0.192 e. The minimum absolute atomic E-state index is 0.180. The lowest BCUT2D eigenvalue weighted by Crippen LogP contribution is -2.40. The summed E-state index contributed by atoms with van der Waals surface area (Å²) < 4.78 is 18.3. The maximum atomic E-state index is 12.1. The van der Waals surface area contributed by atoms with Crippen LogP contribution in [-0.4, -0.2) is 21.5 Å². The van der Waals surface area contributed by atoms with Crippen molar-refractivity contribution in [2.45, 2.75) is 52.1 Å². The average molecular weight is 332 g/mol. The van der Waals surface area contributed by atoms with E-state index in [0.29, 0.717) is 19.7 Å². The molecular weight excluding hydrogens is 305 g/mol. The van der Waals surface area contributed by atoms with Gasteiger partial charge in [-0.1, -0.05) is 44.5 Å². The second-order valence-corrected chi connectivity index (χ2v) is 12.1. The molecule has 0 saturated heterocycles. The van der Waals surface area contributed by atoms with Crippen LogP contribution >= 0.6 is 11.6 Å². The summed E-state index contributed by atoms with van der Waals surface area (Å²) in [5, 5.41) is 3.95. The van der Waals surface area contributed by atoms with Gasteiger partial charge in [0.05, 0.1) is 6.61 Å². The number of hydrogen-bond acceptors (Lipinski definition) is 2. The Balaban J connectivity index is 2.72. The molecule has 0 bridgehead atoms. The van der Waals surface area contributed by atoms with E-state index in [2.05, 4.69) is 39.2 Å². The summed E-state index contributed by atoms with van der Waals surface area (Å²) >= 11 is 6.26. The molecule has 1 aromatic rings. The van der Waals surface area contributed by atoms with Crippen LogP contribution in [0.5, 0.6) is 0 Å². The van der Waals surface area contributed by atoms with Crippen molar-refractivity contribution in [3.05, 3.63) is 34.3 Å². The van der Waals surface area contributed by atoms with E-state index in [1.54, 1.807) is 0 Å². The predicted molar refractivity (Wildman–Crippen MR) is 91.1 cm³/mol. The highest BCUT2D eigenvalue weighted by Gasteiger charge is 2.37. The van der Waals surface area contributed by atoms with Gasteiger partial charge in [0.2, 0.25) is 0 Å². The summed E-state index contributed by atoms with van der Waals surface area (Å²) in [5.74, 6) is 0. The second kappa shape index (κ2) is 7.72. The molecule has 5 heteroatoms. The Morgan fingerprint density at radius 2 is 1.95 bits per heavy atom. The van der Waals surface area contributed by atoms with Crippen molar-refractivity contribution in [2.24, 2.45) is 0 Å². The fraction of sp³-hybridized carbons (Fsp3) is 0.625. The van der Waals surface area contributed by atoms with Gasteiger partial charge in [0.25, 0.3) is 0 Å². The van der Waals surface area contributed by atoms with Crippen molar-refractivity contribution in [1.82, 2.24) is 5.32 Å². The maximum absolute atomic E-state index is 12.1. The molecule has 21 heavy (non-hydrogen) atoms. The van der Waals surface area contributed by atoms with Crippen LogP contribution in [0.25, 0.3) is 0 Å². The zero-order chi connectivity index (χ0) is 16.1. The van der Waals surface area contributed by atoms with Crippen LogP contribution in [0.1, 0.15) is 31.9 Å². The van der Waals surface area contributed by atoms with Crippen LogP contribution in [0.15, 0.2) is 18.2 Å². The number of hydrogen-bond donors (Lipinski definition) is 1. The lowest BCUT2D eigenvalue weighted by Gasteiger charge is -2.36. The minimum atomic E-state index is -1.78. The van der Waals surface area contributed by atoms with E-state index in [-0.39, 0.29) is 11.7 Å². The Bertz CT molecular complexity index is 460. The zero-order valence-electron chi connectivity index (χ0n) is 13.7. The number of halogens is 2. The fourth-order valence-corrected chi connectivity index (χ4v) is 2.74. The molecule has 0 aliphatic carbocycles. The molecule has 1 N–H and O–H groups in total. The monoisotopic (exact) mass is 331 g/mol. The van der Waals surface area contributed by atoms with Gasteiger partial charge in [-0.2, -0.15) is 0 Å². The summed E-state index contributed by atoms with van der Waals surface area (Å²) in [5.41, 5.74) is 2.10. The van der Waals surface area contributed by atoms with Gasteiger partial charge in [-0.3, -0.25) is 0 Å². The van der Waals surface area contributed by atoms with E-state index in [0.717, 1.165) is 16.1 Å². The first-order valence-corrected chi connectivity index (χ1v) is 10.6.